The lowest BCUT2D eigenvalue weighted by molar-refractivity contribution is -0.123. The molecule has 0 saturated carbocycles. The van der Waals surface area contributed by atoms with Crippen LogP contribution in [-0.2, 0) is 11.3 Å². The van der Waals surface area contributed by atoms with Crippen LogP contribution in [0.2, 0.25) is 0 Å². The number of aromatic hydroxyl groups is 1. The third-order valence-corrected chi connectivity index (χ3v) is 5.15. The van der Waals surface area contributed by atoms with Gasteiger partial charge in [-0.1, -0.05) is 36.4 Å². The maximum Gasteiger partial charge on any atom is 0.261 e. The summed E-state index contributed by atoms with van der Waals surface area (Å²) in [6.45, 7) is 0.281. The Hall–Kier alpha value is -4.06. The number of phenolic OH excluding ortho intramolecular Hbond substituents is 1. The van der Waals surface area contributed by atoms with Crippen LogP contribution in [-0.4, -0.2) is 28.6 Å². The van der Waals surface area contributed by atoms with E-state index < -0.39 is 0 Å². The van der Waals surface area contributed by atoms with Gasteiger partial charge in [-0.15, -0.1) is 0 Å². The highest BCUT2D eigenvalue weighted by atomic mass is 16.7. The second-order valence-electron chi connectivity index (χ2n) is 7.08. The summed E-state index contributed by atoms with van der Waals surface area (Å²) >= 11 is 0. The first-order valence-electron chi connectivity index (χ1n) is 9.45. The molecule has 3 aromatic rings. The van der Waals surface area contributed by atoms with Gasteiger partial charge in [0.25, 0.3) is 11.8 Å². The van der Waals surface area contributed by atoms with Crippen LogP contribution in [0.25, 0.3) is 11.6 Å². The van der Waals surface area contributed by atoms with E-state index >= 15 is 0 Å². The summed E-state index contributed by atoms with van der Waals surface area (Å²) in [6, 6.07) is 19.0. The van der Waals surface area contributed by atoms with E-state index in [1.807, 2.05) is 6.07 Å². The Balaban J connectivity index is 1.55. The number of benzene rings is 3. The molecule has 6 nitrogen and oxygen atoms in total. The summed E-state index contributed by atoms with van der Waals surface area (Å²) < 4.78 is 10.7. The molecule has 0 atom stereocenters. The van der Waals surface area contributed by atoms with Gasteiger partial charge in [0.2, 0.25) is 6.79 Å². The molecule has 2 heterocycles. The number of phenols is 1. The highest BCUT2D eigenvalue weighted by molar-refractivity contribution is 6.33. The standard InChI is InChI=1S/C24H17NO5/c26-17-8-5-15(6-9-17)11-20-18-3-1-2-4-19(18)23(27)25(24(20)28)13-16-7-10-21-22(12-16)30-14-29-21/h1-12,26H,13-14H2. The molecular formula is C24H17NO5. The molecule has 0 saturated heterocycles. The van der Waals surface area contributed by atoms with Gasteiger partial charge >= 0.3 is 0 Å². The van der Waals surface area contributed by atoms with E-state index in [2.05, 4.69) is 0 Å². The van der Waals surface area contributed by atoms with Crippen molar-refractivity contribution < 1.29 is 24.2 Å². The first-order chi connectivity index (χ1) is 14.6. The fourth-order valence-electron chi connectivity index (χ4n) is 3.64. The third-order valence-electron chi connectivity index (χ3n) is 5.15. The molecule has 1 N–H and O–H groups in total. The van der Waals surface area contributed by atoms with Gasteiger partial charge < -0.3 is 14.6 Å². The van der Waals surface area contributed by atoms with Gasteiger partial charge in [-0.3, -0.25) is 14.5 Å². The largest absolute Gasteiger partial charge is 0.508 e. The van der Waals surface area contributed by atoms with Crippen LogP contribution in [0.3, 0.4) is 0 Å². The van der Waals surface area contributed by atoms with Crippen molar-refractivity contribution in [2.75, 3.05) is 6.79 Å². The first kappa shape index (κ1) is 18.0. The fourth-order valence-corrected chi connectivity index (χ4v) is 3.64. The highest BCUT2D eigenvalue weighted by Crippen LogP contribution is 2.35. The van der Waals surface area contributed by atoms with Gasteiger partial charge in [0.15, 0.2) is 11.5 Å². The van der Waals surface area contributed by atoms with E-state index in [-0.39, 0.29) is 30.9 Å². The summed E-state index contributed by atoms with van der Waals surface area (Å²) in [5, 5.41) is 9.52. The first-order valence-corrected chi connectivity index (χ1v) is 9.45. The Kier molecular flexibility index (Phi) is 4.25. The summed E-state index contributed by atoms with van der Waals surface area (Å²) in [5.41, 5.74) is 3.02. The minimum atomic E-state index is -0.371. The molecular weight excluding hydrogens is 382 g/mol. The predicted octanol–water partition coefficient (Wildman–Crippen LogP) is 3.84. The molecule has 0 unspecified atom stereocenters. The molecule has 3 aromatic carbocycles. The topological polar surface area (TPSA) is 76.1 Å². The van der Waals surface area contributed by atoms with Crippen molar-refractivity contribution in [2.24, 2.45) is 0 Å². The zero-order valence-electron chi connectivity index (χ0n) is 15.9. The second kappa shape index (κ2) is 7.08. The number of imide groups is 1. The number of ether oxygens (including phenoxy) is 2. The van der Waals surface area contributed by atoms with Gasteiger partial charge in [-0.25, -0.2) is 0 Å². The maximum atomic E-state index is 13.3. The van der Waals surface area contributed by atoms with Gasteiger partial charge in [-0.2, -0.15) is 0 Å². The molecule has 0 bridgehead atoms. The van der Waals surface area contributed by atoms with Crippen molar-refractivity contribution in [3.8, 4) is 17.2 Å². The number of rotatable bonds is 3. The smallest absolute Gasteiger partial charge is 0.261 e. The zero-order valence-corrected chi connectivity index (χ0v) is 15.9. The minimum Gasteiger partial charge on any atom is -0.508 e. The molecule has 0 radical (unpaired) electrons. The average Bonchev–Trinajstić information content (AvgIpc) is 3.23. The second-order valence-corrected chi connectivity index (χ2v) is 7.08. The SMILES string of the molecule is O=C1C(=Cc2ccc(O)cc2)c2ccccc2C(=O)N1Cc1ccc2c(c1)OCO2. The maximum absolute atomic E-state index is 13.3. The van der Waals surface area contributed by atoms with Crippen molar-refractivity contribution in [1.29, 1.82) is 0 Å². The van der Waals surface area contributed by atoms with Crippen LogP contribution in [0.4, 0.5) is 0 Å². The molecule has 5 rings (SSSR count). The average molecular weight is 399 g/mol. The molecule has 148 valence electrons. The van der Waals surface area contributed by atoms with E-state index in [9.17, 15) is 14.7 Å². The van der Waals surface area contributed by atoms with E-state index in [0.717, 1.165) is 11.1 Å². The van der Waals surface area contributed by atoms with Gasteiger partial charge in [-0.05, 0) is 53.1 Å². The van der Waals surface area contributed by atoms with Crippen LogP contribution in [0, 0.1) is 0 Å². The van der Waals surface area contributed by atoms with E-state index in [1.54, 1.807) is 66.7 Å². The molecule has 2 aliphatic rings. The Morgan fingerprint density at radius 1 is 0.867 bits per heavy atom. The fraction of sp³-hybridized carbons (Fsp3) is 0.0833. The molecule has 30 heavy (non-hydrogen) atoms. The Morgan fingerprint density at radius 3 is 2.40 bits per heavy atom. The van der Waals surface area contributed by atoms with Crippen LogP contribution >= 0.6 is 0 Å². The minimum absolute atomic E-state index is 0.121. The van der Waals surface area contributed by atoms with Crippen molar-refractivity contribution >= 4 is 23.5 Å². The summed E-state index contributed by atoms with van der Waals surface area (Å²) in [4.78, 5) is 27.7. The lowest BCUT2D eigenvalue weighted by atomic mass is 9.91. The number of hydrogen-bond donors (Lipinski definition) is 1. The van der Waals surface area contributed by atoms with E-state index in [1.165, 1.54) is 4.90 Å². The van der Waals surface area contributed by atoms with Gasteiger partial charge in [0.05, 0.1) is 6.54 Å². The van der Waals surface area contributed by atoms with Crippen LogP contribution in [0.1, 0.15) is 27.0 Å². The number of carbonyl (C=O) groups is 2. The number of nitrogens with zero attached hydrogens (tertiary/aromatic N) is 1. The summed E-state index contributed by atoms with van der Waals surface area (Å²) in [5.74, 6) is 0.686. The quantitative estimate of drug-likeness (QED) is 0.535. The molecule has 6 heteroatoms. The monoisotopic (exact) mass is 399 g/mol. The summed E-state index contributed by atoms with van der Waals surface area (Å²) in [6.07, 6.45) is 1.74. The predicted molar refractivity (Wildman–Crippen MR) is 110 cm³/mol. The molecule has 2 aliphatic heterocycles. The zero-order chi connectivity index (χ0) is 20.7. The number of fused-ring (bicyclic) bond motifs is 2. The molecule has 2 amide bonds. The number of amides is 2. The van der Waals surface area contributed by atoms with Crippen molar-refractivity contribution in [3.05, 3.63) is 89.0 Å². The van der Waals surface area contributed by atoms with Crippen molar-refractivity contribution in [3.63, 3.8) is 0 Å². The van der Waals surface area contributed by atoms with Gasteiger partial charge in [0.1, 0.15) is 5.75 Å². The Morgan fingerprint density at radius 2 is 1.60 bits per heavy atom. The Labute approximate surface area is 172 Å². The summed E-state index contributed by atoms with van der Waals surface area (Å²) in [7, 11) is 0. The van der Waals surface area contributed by atoms with Crippen LogP contribution in [0.15, 0.2) is 66.7 Å². The Bertz CT molecular complexity index is 1200. The van der Waals surface area contributed by atoms with Crippen LogP contribution in [0.5, 0.6) is 17.2 Å². The number of carbonyl (C=O) groups excluding carboxylic acids is 2. The van der Waals surface area contributed by atoms with Crippen LogP contribution < -0.4 is 9.47 Å². The molecule has 0 fully saturated rings. The van der Waals surface area contributed by atoms with E-state index in [0.29, 0.717) is 28.2 Å². The number of hydrogen-bond acceptors (Lipinski definition) is 5. The van der Waals surface area contributed by atoms with Gasteiger partial charge in [0, 0.05) is 11.1 Å². The van der Waals surface area contributed by atoms with E-state index in [4.69, 9.17) is 9.47 Å². The molecule has 0 aromatic heterocycles. The third kappa shape index (κ3) is 3.08. The lowest BCUT2D eigenvalue weighted by Gasteiger charge is -2.28. The van der Waals surface area contributed by atoms with Crippen molar-refractivity contribution in [2.45, 2.75) is 6.54 Å². The molecule has 0 aliphatic carbocycles. The normalized spacial score (nSPS) is 16.1. The highest BCUT2D eigenvalue weighted by Gasteiger charge is 2.34. The van der Waals surface area contributed by atoms with Crippen molar-refractivity contribution in [1.82, 2.24) is 4.90 Å². The molecule has 0 spiro atoms. The lowest BCUT2D eigenvalue weighted by Crippen LogP contribution is -2.41.